The van der Waals surface area contributed by atoms with Crippen LogP contribution in [0, 0.1) is 0 Å². The Labute approximate surface area is 114 Å². The second-order valence-corrected chi connectivity index (χ2v) is 7.06. The topological polar surface area (TPSA) is 43.1 Å². The van der Waals surface area contributed by atoms with E-state index in [1.165, 1.54) is 12.8 Å². The van der Waals surface area contributed by atoms with E-state index in [-0.39, 0.29) is 11.3 Å². The average molecular weight is 316 g/mol. The first-order chi connectivity index (χ1) is 8.20. The van der Waals surface area contributed by atoms with Crippen molar-refractivity contribution in [3.05, 3.63) is 28.7 Å². The summed E-state index contributed by atoms with van der Waals surface area (Å²) in [5, 5.41) is 0.108. The molecule has 1 fully saturated rings. The number of rotatable bonds is 2. The van der Waals surface area contributed by atoms with Crippen molar-refractivity contribution in [1.29, 1.82) is 0 Å². The molecular weight excluding hydrogens is 298 g/mol. The highest BCUT2D eigenvalue weighted by atomic mass is 79.9. The molecule has 1 aromatic rings. The molecule has 0 radical (unpaired) electrons. The van der Waals surface area contributed by atoms with Crippen molar-refractivity contribution in [2.75, 3.05) is 0 Å². The van der Waals surface area contributed by atoms with E-state index >= 15 is 0 Å². The Hall–Kier alpha value is -0.190. The van der Waals surface area contributed by atoms with E-state index in [4.69, 9.17) is 5.73 Å². The lowest BCUT2D eigenvalue weighted by Crippen LogP contribution is -2.36. The summed E-state index contributed by atoms with van der Waals surface area (Å²) in [5.74, 6) is 0. The minimum absolute atomic E-state index is 0.0745. The highest BCUT2D eigenvalue weighted by Gasteiger charge is 2.27. The molecule has 1 saturated carbocycles. The minimum Gasteiger partial charge on any atom is -0.327 e. The zero-order chi connectivity index (χ0) is 12.3. The minimum atomic E-state index is -0.994. The smallest absolute Gasteiger partial charge is 0.0588 e. The second-order valence-electron chi connectivity index (χ2n) is 4.57. The fraction of sp³-hybridized carbons (Fsp3) is 0.538. The third kappa shape index (κ3) is 3.18. The highest BCUT2D eigenvalue weighted by molar-refractivity contribution is 9.10. The monoisotopic (exact) mass is 315 g/mol. The third-order valence-electron chi connectivity index (χ3n) is 3.33. The molecule has 0 spiro atoms. The van der Waals surface area contributed by atoms with E-state index in [1.807, 2.05) is 24.3 Å². The van der Waals surface area contributed by atoms with Gasteiger partial charge >= 0.3 is 0 Å². The maximum atomic E-state index is 12.6. The van der Waals surface area contributed by atoms with Crippen LogP contribution in [-0.4, -0.2) is 15.5 Å². The van der Waals surface area contributed by atoms with Gasteiger partial charge in [0.25, 0.3) is 0 Å². The molecule has 0 amide bonds. The van der Waals surface area contributed by atoms with Crippen LogP contribution in [0.2, 0.25) is 0 Å². The first-order valence-corrected chi connectivity index (χ1v) is 8.11. The molecule has 2 nitrogen and oxygen atoms in total. The Balaban J connectivity index is 2.21. The van der Waals surface area contributed by atoms with Crippen LogP contribution in [0.3, 0.4) is 0 Å². The molecule has 0 saturated heterocycles. The highest BCUT2D eigenvalue weighted by Crippen LogP contribution is 2.28. The Kier molecular flexibility index (Phi) is 4.77. The maximum absolute atomic E-state index is 12.6. The zero-order valence-corrected chi connectivity index (χ0v) is 12.2. The first kappa shape index (κ1) is 13.2. The molecule has 2 rings (SSSR count). The van der Waals surface area contributed by atoms with Gasteiger partial charge in [-0.1, -0.05) is 31.4 Å². The van der Waals surface area contributed by atoms with E-state index in [9.17, 15) is 4.21 Å². The summed E-state index contributed by atoms with van der Waals surface area (Å²) in [6.45, 7) is 0. The molecule has 1 aromatic carbocycles. The summed E-state index contributed by atoms with van der Waals surface area (Å²) in [7, 11) is -0.994. The van der Waals surface area contributed by atoms with Crippen LogP contribution in [0.25, 0.3) is 0 Å². The SMILES string of the molecule is NC1CCCCCC1S(=O)c1ccccc1Br. The van der Waals surface area contributed by atoms with Crippen LogP contribution >= 0.6 is 15.9 Å². The molecule has 0 aromatic heterocycles. The molecule has 17 heavy (non-hydrogen) atoms. The first-order valence-electron chi connectivity index (χ1n) is 6.11. The van der Waals surface area contributed by atoms with E-state index in [1.54, 1.807) is 0 Å². The van der Waals surface area contributed by atoms with Crippen LogP contribution in [-0.2, 0) is 10.8 Å². The molecule has 1 aliphatic rings. The van der Waals surface area contributed by atoms with Crippen molar-refractivity contribution in [1.82, 2.24) is 0 Å². The van der Waals surface area contributed by atoms with E-state index in [2.05, 4.69) is 15.9 Å². The predicted molar refractivity (Wildman–Crippen MR) is 75.4 cm³/mol. The van der Waals surface area contributed by atoms with Gasteiger partial charge in [0.05, 0.1) is 20.9 Å². The predicted octanol–water partition coefficient (Wildman–Crippen LogP) is 3.22. The normalized spacial score (nSPS) is 27.4. The lowest BCUT2D eigenvalue weighted by Gasteiger charge is -2.21. The second kappa shape index (κ2) is 6.12. The lowest BCUT2D eigenvalue weighted by atomic mass is 10.1. The van der Waals surface area contributed by atoms with Gasteiger partial charge in [0.2, 0.25) is 0 Å². The quantitative estimate of drug-likeness (QED) is 0.851. The van der Waals surface area contributed by atoms with Gasteiger partial charge in [-0.3, -0.25) is 4.21 Å². The van der Waals surface area contributed by atoms with E-state index < -0.39 is 10.8 Å². The summed E-state index contributed by atoms with van der Waals surface area (Å²) in [5.41, 5.74) is 6.16. The molecule has 0 aliphatic heterocycles. The number of halogens is 1. The van der Waals surface area contributed by atoms with E-state index in [0.29, 0.717) is 0 Å². The van der Waals surface area contributed by atoms with Crippen molar-refractivity contribution >= 4 is 26.7 Å². The van der Waals surface area contributed by atoms with Gasteiger partial charge < -0.3 is 5.73 Å². The van der Waals surface area contributed by atoms with Gasteiger partial charge in [-0.05, 0) is 40.9 Å². The molecule has 0 bridgehead atoms. The van der Waals surface area contributed by atoms with Crippen LogP contribution < -0.4 is 5.73 Å². The molecule has 4 heteroatoms. The third-order valence-corrected chi connectivity index (χ3v) is 6.21. The number of hydrogen-bond donors (Lipinski definition) is 1. The van der Waals surface area contributed by atoms with Gasteiger partial charge in [0, 0.05) is 10.5 Å². The maximum Gasteiger partial charge on any atom is 0.0588 e. The molecule has 3 atom stereocenters. The van der Waals surface area contributed by atoms with Crippen molar-refractivity contribution in [3.8, 4) is 0 Å². The van der Waals surface area contributed by atoms with Gasteiger partial charge in [-0.2, -0.15) is 0 Å². The van der Waals surface area contributed by atoms with Gasteiger partial charge in [-0.25, -0.2) is 0 Å². The van der Waals surface area contributed by atoms with Gasteiger partial charge in [0.1, 0.15) is 0 Å². The summed E-state index contributed by atoms with van der Waals surface area (Å²) < 4.78 is 13.5. The largest absolute Gasteiger partial charge is 0.327 e. The Morgan fingerprint density at radius 2 is 1.88 bits per heavy atom. The fourth-order valence-electron chi connectivity index (χ4n) is 2.34. The van der Waals surface area contributed by atoms with Crippen LogP contribution in [0.15, 0.2) is 33.6 Å². The molecule has 3 unspecified atom stereocenters. The van der Waals surface area contributed by atoms with Crippen LogP contribution in [0.4, 0.5) is 0 Å². The fourth-order valence-corrected chi connectivity index (χ4v) is 4.74. The summed E-state index contributed by atoms with van der Waals surface area (Å²) in [6.07, 6.45) is 5.52. The van der Waals surface area contributed by atoms with Gasteiger partial charge in [0.15, 0.2) is 0 Å². The van der Waals surface area contributed by atoms with Crippen molar-refractivity contribution < 1.29 is 4.21 Å². The van der Waals surface area contributed by atoms with Crippen molar-refractivity contribution in [2.24, 2.45) is 5.73 Å². The van der Waals surface area contributed by atoms with Crippen LogP contribution in [0.1, 0.15) is 32.1 Å². The molecule has 2 N–H and O–H groups in total. The zero-order valence-electron chi connectivity index (χ0n) is 9.77. The van der Waals surface area contributed by atoms with E-state index in [0.717, 1.165) is 28.6 Å². The standard InChI is InChI=1S/C13H18BrNOS/c14-10-6-4-5-8-12(10)17(16)13-9-3-1-2-7-11(13)15/h4-6,8,11,13H,1-3,7,9,15H2. The van der Waals surface area contributed by atoms with Crippen molar-refractivity contribution in [2.45, 2.75) is 48.3 Å². The van der Waals surface area contributed by atoms with Crippen LogP contribution in [0.5, 0.6) is 0 Å². The van der Waals surface area contributed by atoms with Crippen molar-refractivity contribution in [3.63, 3.8) is 0 Å². The Bertz CT molecular complexity index is 410. The Morgan fingerprint density at radius 3 is 2.65 bits per heavy atom. The lowest BCUT2D eigenvalue weighted by molar-refractivity contribution is 0.575. The average Bonchev–Trinajstić information content (AvgIpc) is 2.54. The number of benzene rings is 1. The number of hydrogen-bond acceptors (Lipinski definition) is 2. The molecular formula is C13H18BrNOS. The number of nitrogens with two attached hydrogens (primary N) is 1. The molecule has 1 aliphatic carbocycles. The Morgan fingerprint density at radius 1 is 1.18 bits per heavy atom. The summed E-state index contributed by atoms with van der Waals surface area (Å²) >= 11 is 3.47. The molecule has 94 valence electrons. The summed E-state index contributed by atoms with van der Waals surface area (Å²) in [6, 6.07) is 7.82. The van der Waals surface area contributed by atoms with Gasteiger partial charge in [-0.15, -0.1) is 0 Å². The summed E-state index contributed by atoms with van der Waals surface area (Å²) in [4.78, 5) is 0.884. The molecule has 0 heterocycles.